The number of alkyl halides is 5. The van der Waals surface area contributed by atoms with Gasteiger partial charge < -0.3 is 20.3 Å². The van der Waals surface area contributed by atoms with Crippen molar-refractivity contribution in [3.8, 4) is 0 Å². The first-order valence-corrected chi connectivity index (χ1v) is 12.0. The molecule has 1 aliphatic rings. The summed E-state index contributed by atoms with van der Waals surface area (Å²) in [7, 11) is 1.34. The van der Waals surface area contributed by atoms with Crippen molar-refractivity contribution in [2.24, 2.45) is 5.41 Å². The van der Waals surface area contributed by atoms with Crippen molar-refractivity contribution >= 4 is 17.6 Å². The maximum Gasteiger partial charge on any atom is 0.394 e. The molecule has 3 aromatic heterocycles. The molecule has 17 heteroatoms. The lowest BCUT2D eigenvalue weighted by atomic mass is 9.84. The Labute approximate surface area is 224 Å². The number of carbonyl (C=O) groups is 2. The van der Waals surface area contributed by atoms with Gasteiger partial charge in [-0.25, -0.2) is 27.7 Å². The Morgan fingerprint density at radius 2 is 2.02 bits per heavy atom. The lowest BCUT2D eigenvalue weighted by molar-refractivity contribution is -0.215. The second kappa shape index (κ2) is 10.6. The van der Waals surface area contributed by atoms with Crippen LogP contribution in [0.5, 0.6) is 0 Å². The Morgan fingerprint density at radius 1 is 1.30 bits per heavy atom. The van der Waals surface area contributed by atoms with Gasteiger partial charge in [-0.05, 0) is 24.6 Å². The number of urea groups is 1. The third-order valence-corrected chi connectivity index (χ3v) is 6.62. The summed E-state index contributed by atoms with van der Waals surface area (Å²) in [5.41, 5.74) is -1.79. The second-order valence-corrected chi connectivity index (χ2v) is 10.2. The number of carbonyl (C=O) groups excluding carboxylic acids is 2. The first-order valence-electron chi connectivity index (χ1n) is 12.0. The number of halogens is 5. The summed E-state index contributed by atoms with van der Waals surface area (Å²) in [6, 6.07) is -1.46. The van der Waals surface area contributed by atoms with Gasteiger partial charge in [0.05, 0.1) is 55.3 Å². The van der Waals surface area contributed by atoms with Crippen molar-refractivity contribution < 1.29 is 40.9 Å². The van der Waals surface area contributed by atoms with Crippen LogP contribution in [0.25, 0.3) is 5.65 Å². The van der Waals surface area contributed by atoms with Gasteiger partial charge in [-0.15, -0.1) is 0 Å². The van der Waals surface area contributed by atoms with E-state index in [1.807, 2.05) is 0 Å². The summed E-state index contributed by atoms with van der Waals surface area (Å²) in [5.74, 6) is -3.99. The summed E-state index contributed by atoms with van der Waals surface area (Å²) < 4.78 is 80.4. The molecule has 218 valence electrons. The Morgan fingerprint density at radius 3 is 2.65 bits per heavy atom. The number of nitrogens with one attached hydrogen (secondary N) is 2. The maximum atomic E-state index is 14.1. The average Bonchev–Trinajstić information content (AvgIpc) is 3.48. The fraction of sp³-hybridized carbons (Fsp3) is 0.565. The number of amides is 3. The van der Waals surface area contributed by atoms with Gasteiger partial charge in [-0.2, -0.15) is 18.3 Å². The van der Waals surface area contributed by atoms with Gasteiger partial charge >= 0.3 is 12.2 Å². The molecule has 1 saturated heterocycles. The Balaban J connectivity index is 1.70. The SMILES string of the molecule is COCC(c1cnn2cc(C(CC(C)(C)C(F)(F)F)NC(=O)c3nonc3C)nc2c1)N1CC(F)(F)CNC1=O. The average molecular weight is 575 g/mol. The Hall–Kier alpha value is -3.89. The van der Waals surface area contributed by atoms with E-state index in [4.69, 9.17) is 4.74 Å². The summed E-state index contributed by atoms with van der Waals surface area (Å²) >= 11 is 0. The first kappa shape index (κ1) is 29.1. The number of methoxy groups -OCH3 is 1. The van der Waals surface area contributed by atoms with E-state index in [-0.39, 0.29) is 29.3 Å². The van der Waals surface area contributed by atoms with E-state index < -0.39 is 61.0 Å². The number of rotatable bonds is 9. The largest absolute Gasteiger partial charge is 0.394 e. The van der Waals surface area contributed by atoms with Crippen molar-refractivity contribution in [2.75, 3.05) is 26.8 Å². The molecule has 0 spiro atoms. The van der Waals surface area contributed by atoms with Crippen LogP contribution in [0.15, 0.2) is 23.1 Å². The molecule has 0 aliphatic carbocycles. The minimum atomic E-state index is -4.60. The number of hydrogen-bond acceptors (Lipinski definition) is 8. The normalized spacial score (nSPS) is 17.5. The molecule has 40 heavy (non-hydrogen) atoms. The molecule has 0 radical (unpaired) electrons. The summed E-state index contributed by atoms with van der Waals surface area (Å²) in [5, 5.41) is 15.9. The van der Waals surface area contributed by atoms with Gasteiger partial charge in [-0.3, -0.25) is 4.79 Å². The maximum absolute atomic E-state index is 14.1. The number of imidazole rings is 1. The fourth-order valence-electron chi connectivity index (χ4n) is 4.24. The molecule has 0 bridgehead atoms. The van der Waals surface area contributed by atoms with Crippen molar-refractivity contribution in [1.29, 1.82) is 0 Å². The minimum Gasteiger partial charge on any atom is -0.382 e. The van der Waals surface area contributed by atoms with Crippen LogP contribution in [0.3, 0.4) is 0 Å². The van der Waals surface area contributed by atoms with Gasteiger partial charge in [0.25, 0.3) is 11.8 Å². The molecule has 3 amide bonds. The van der Waals surface area contributed by atoms with Crippen molar-refractivity contribution in [2.45, 2.75) is 51.4 Å². The van der Waals surface area contributed by atoms with Crippen LogP contribution < -0.4 is 10.6 Å². The third kappa shape index (κ3) is 5.97. The number of aromatic nitrogens is 5. The van der Waals surface area contributed by atoms with Crippen LogP contribution >= 0.6 is 0 Å². The van der Waals surface area contributed by atoms with Gasteiger partial charge in [-0.1, -0.05) is 19.0 Å². The number of hydrogen-bond donors (Lipinski definition) is 2. The van der Waals surface area contributed by atoms with E-state index in [0.717, 1.165) is 18.7 Å². The first-order chi connectivity index (χ1) is 18.6. The summed E-state index contributed by atoms with van der Waals surface area (Å²) in [6.07, 6.45) is -2.52. The molecule has 2 N–H and O–H groups in total. The molecule has 0 aromatic carbocycles. The van der Waals surface area contributed by atoms with Gasteiger partial charge in [0, 0.05) is 12.7 Å². The van der Waals surface area contributed by atoms with E-state index >= 15 is 0 Å². The van der Waals surface area contributed by atoms with Crippen molar-refractivity contribution in [3.05, 3.63) is 41.1 Å². The molecule has 0 saturated carbocycles. The van der Waals surface area contributed by atoms with Crippen molar-refractivity contribution in [1.82, 2.24) is 40.4 Å². The fourth-order valence-corrected chi connectivity index (χ4v) is 4.24. The Bertz CT molecular complexity index is 1390. The highest BCUT2D eigenvalue weighted by atomic mass is 19.4. The van der Waals surface area contributed by atoms with Crippen LogP contribution in [-0.2, 0) is 4.74 Å². The highest BCUT2D eigenvalue weighted by Crippen LogP contribution is 2.43. The number of nitrogens with zero attached hydrogens (tertiary/aromatic N) is 6. The second-order valence-electron chi connectivity index (χ2n) is 10.2. The topological polar surface area (TPSA) is 140 Å². The predicted octanol–water partition coefficient (Wildman–Crippen LogP) is 3.22. The van der Waals surface area contributed by atoms with Crippen LogP contribution in [0, 0.1) is 12.3 Å². The minimum absolute atomic E-state index is 0.0509. The summed E-state index contributed by atoms with van der Waals surface area (Å²) in [4.78, 5) is 30.5. The highest BCUT2D eigenvalue weighted by Gasteiger charge is 2.49. The lowest BCUT2D eigenvalue weighted by Crippen LogP contribution is -2.58. The monoisotopic (exact) mass is 574 g/mol. The number of ether oxygens (including phenoxy) is 1. The van der Waals surface area contributed by atoms with E-state index in [9.17, 15) is 31.5 Å². The number of fused-ring (bicyclic) bond motifs is 1. The van der Waals surface area contributed by atoms with Crippen LogP contribution in [0.2, 0.25) is 0 Å². The quantitative estimate of drug-likeness (QED) is 0.372. The molecular weight excluding hydrogens is 547 g/mol. The van der Waals surface area contributed by atoms with E-state index in [1.165, 1.54) is 37.0 Å². The molecule has 4 rings (SSSR count). The van der Waals surface area contributed by atoms with E-state index in [2.05, 4.69) is 35.7 Å². The van der Waals surface area contributed by atoms with Crippen molar-refractivity contribution in [3.63, 3.8) is 0 Å². The lowest BCUT2D eigenvalue weighted by Gasteiger charge is -2.38. The molecule has 1 fully saturated rings. The van der Waals surface area contributed by atoms with E-state index in [1.54, 1.807) is 0 Å². The number of aryl methyl sites for hydroxylation is 1. The smallest absolute Gasteiger partial charge is 0.382 e. The molecule has 2 unspecified atom stereocenters. The zero-order valence-corrected chi connectivity index (χ0v) is 21.9. The van der Waals surface area contributed by atoms with Gasteiger partial charge in [0.1, 0.15) is 5.69 Å². The van der Waals surface area contributed by atoms with E-state index in [0.29, 0.717) is 5.56 Å². The molecule has 2 atom stereocenters. The molecule has 1 aliphatic heterocycles. The summed E-state index contributed by atoms with van der Waals surface area (Å²) in [6.45, 7) is 1.65. The van der Waals surface area contributed by atoms with Crippen LogP contribution in [-0.4, -0.2) is 80.7 Å². The molecule has 4 heterocycles. The highest BCUT2D eigenvalue weighted by molar-refractivity contribution is 5.93. The molecule has 3 aromatic rings. The third-order valence-electron chi connectivity index (χ3n) is 6.62. The van der Waals surface area contributed by atoms with Gasteiger partial charge in [0.2, 0.25) is 0 Å². The zero-order chi connectivity index (χ0) is 29.5. The van der Waals surface area contributed by atoms with Crippen LogP contribution in [0.1, 0.15) is 59.8 Å². The van der Waals surface area contributed by atoms with Crippen LogP contribution in [0.4, 0.5) is 26.7 Å². The molecular formula is C23H27F5N8O4. The zero-order valence-electron chi connectivity index (χ0n) is 21.9. The molecule has 12 nitrogen and oxygen atoms in total. The Kier molecular flexibility index (Phi) is 7.70. The van der Waals surface area contributed by atoms with Gasteiger partial charge in [0.15, 0.2) is 11.3 Å². The standard InChI is InChI=1S/C23H27F5N8O4/c1-12-18(34-40-33-12)19(37)32-14(6-21(2,3)23(26,27)28)15-8-36-17(31-15)5-13(7-30-36)16(9-39-4)35-11-22(24,25)10-29-20(35)38/h5,7-8,14,16H,6,9-11H2,1-4H3,(H,29,38)(H,32,37). The predicted molar refractivity (Wildman–Crippen MR) is 126 cm³/mol.